The highest BCUT2D eigenvalue weighted by Crippen LogP contribution is 2.34. The van der Waals surface area contributed by atoms with Gasteiger partial charge in [-0.2, -0.15) is 0 Å². The van der Waals surface area contributed by atoms with Gasteiger partial charge in [-0.15, -0.1) is 0 Å². The molecule has 0 amide bonds. The number of nitrogens with zero attached hydrogens (tertiary/aromatic N) is 3. The van der Waals surface area contributed by atoms with Gasteiger partial charge in [0.25, 0.3) is 0 Å². The minimum absolute atomic E-state index is 0.467. The Morgan fingerprint density at radius 1 is 1.18 bits per heavy atom. The molecule has 2 aromatic heterocycles. The van der Waals surface area contributed by atoms with E-state index < -0.39 is 6.04 Å². The maximum Gasteiger partial charge on any atom is 0.146 e. The van der Waals surface area contributed by atoms with Crippen molar-refractivity contribution in [2.75, 3.05) is 48.4 Å². The standard InChI is InChI=1S/C26H28N6O2/c1-2-27-24-8-3-19(16-29-24)22-15-18-9-10-28-23(17-33)25(18)26(31-22)30-20-4-6-21(7-5-20)32-11-13-34-14-12-32/h3-10,15-17,23,28H,2,11-14H2,1H3,(H,27,29)(H,30,31). The Labute approximate surface area is 199 Å². The Bertz CT molecular complexity index is 1170. The van der Waals surface area contributed by atoms with Crippen molar-refractivity contribution in [2.45, 2.75) is 13.0 Å². The molecule has 3 N–H and O–H groups in total. The third-order valence-electron chi connectivity index (χ3n) is 6.00. The summed E-state index contributed by atoms with van der Waals surface area (Å²) in [7, 11) is 0. The van der Waals surface area contributed by atoms with E-state index in [2.05, 4.69) is 38.0 Å². The van der Waals surface area contributed by atoms with Crippen molar-refractivity contribution in [3.63, 3.8) is 0 Å². The molecule has 4 heterocycles. The summed E-state index contributed by atoms with van der Waals surface area (Å²) in [5.74, 6) is 1.48. The molecule has 0 aliphatic carbocycles. The van der Waals surface area contributed by atoms with Crippen LogP contribution in [0, 0.1) is 0 Å². The van der Waals surface area contributed by atoms with Crippen LogP contribution in [0.1, 0.15) is 24.1 Å². The zero-order chi connectivity index (χ0) is 23.3. The first-order valence-corrected chi connectivity index (χ1v) is 11.6. The largest absolute Gasteiger partial charge is 0.378 e. The van der Waals surface area contributed by atoms with E-state index >= 15 is 0 Å². The van der Waals surface area contributed by atoms with Crippen LogP contribution >= 0.6 is 0 Å². The van der Waals surface area contributed by atoms with E-state index in [1.54, 1.807) is 6.20 Å². The van der Waals surface area contributed by atoms with E-state index in [0.717, 1.165) is 73.0 Å². The summed E-state index contributed by atoms with van der Waals surface area (Å²) in [4.78, 5) is 23.5. The Kier molecular flexibility index (Phi) is 6.40. The first-order valence-electron chi connectivity index (χ1n) is 11.6. The average molecular weight is 457 g/mol. The van der Waals surface area contributed by atoms with Crippen molar-refractivity contribution >= 4 is 35.4 Å². The SMILES string of the molecule is CCNc1ccc(-c2cc3c(c(Nc4ccc(N5CCOCC5)cc4)n2)C(C=O)NC=C3)cn1. The first kappa shape index (κ1) is 21.9. The summed E-state index contributed by atoms with van der Waals surface area (Å²) >= 11 is 0. The van der Waals surface area contributed by atoms with Crippen LogP contribution in [0.25, 0.3) is 17.3 Å². The van der Waals surface area contributed by atoms with Crippen LogP contribution < -0.4 is 20.9 Å². The fourth-order valence-electron chi connectivity index (χ4n) is 4.26. The second-order valence-electron chi connectivity index (χ2n) is 8.21. The highest BCUT2D eigenvalue weighted by Gasteiger charge is 2.23. The van der Waals surface area contributed by atoms with Gasteiger partial charge in [0.2, 0.25) is 0 Å². The normalized spacial score (nSPS) is 17.0. The molecule has 3 aromatic rings. The molecule has 5 rings (SSSR count). The molecule has 2 aliphatic rings. The number of ether oxygens (including phenoxy) is 1. The van der Waals surface area contributed by atoms with Gasteiger partial charge in [0.05, 0.1) is 18.9 Å². The highest BCUT2D eigenvalue weighted by molar-refractivity contribution is 5.80. The molecule has 174 valence electrons. The maximum atomic E-state index is 11.8. The number of rotatable bonds is 7. The van der Waals surface area contributed by atoms with Crippen LogP contribution in [0.3, 0.4) is 0 Å². The number of aldehydes is 1. The van der Waals surface area contributed by atoms with Gasteiger partial charge >= 0.3 is 0 Å². The van der Waals surface area contributed by atoms with Gasteiger partial charge in [0.1, 0.15) is 24.0 Å². The van der Waals surface area contributed by atoms with Gasteiger partial charge in [0, 0.05) is 48.3 Å². The summed E-state index contributed by atoms with van der Waals surface area (Å²) in [6, 6.07) is 13.8. The Morgan fingerprint density at radius 2 is 2.00 bits per heavy atom. The molecule has 1 atom stereocenters. The number of hydrogen-bond acceptors (Lipinski definition) is 8. The number of morpholine rings is 1. The molecular formula is C26H28N6O2. The van der Waals surface area contributed by atoms with Gasteiger partial charge in [-0.05, 0) is 67.2 Å². The topological polar surface area (TPSA) is 91.4 Å². The zero-order valence-corrected chi connectivity index (χ0v) is 19.1. The zero-order valence-electron chi connectivity index (χ0n) is 19.1. The molecule has 8 nitrogen and oxygen atoms in total. The Balaban J connectivity index is 1.48. The van der Waals surface area contributed by atoms with Crippen molar-refractivity contribution in [3.8, 4) is 11.3 Å². The van der Waals surface area contributed by atoms with E-state index in [9.17, 15) is 4.79 Å². The van der Waals surface area contributed by atoms with Crippen LogP contribution in [-0.4, -0.2) is 49.1 Å². The minimum atomic E-state index is -0.467. The highest BCUT2D eigenvalue weighted by atomic mass is 16.5. The summed E-state index contributed by atoms with van der Waals surface area (Å²) < 4.78 is 5.45. The fraction of sp³-hybridized carbons (Fsp3) is 0.269. The third-order valence-corrected chi connectivity index (χ3v) is 6.00. The van der Waals surface area contributed by atoms with Gasteiger partial charge in [-0.25, -0.2) is 9.97 Å². The predicted molar refractivity (Wildman–Crippen MR) is 135 cm³/mol. The number of carbonyl (C=O) groups excluding carboxylic acids is 1. The lowest BCUT2D eigenvalue weighted by atomic mass is 9.97. The van der Waals surface area contributed by atoms with E-state index in [0.29, 0.717) is 5.82 Å². The molecule has 0 radical (unpaired) electrons. The summed E-state index contributed by atoms with van der Waals surface area (Å²) in [5, 5.41) is 9.77. The third kappa shape index (κ3) is 4.58. The maximum absolute atomic E-state index is 11.8. The number of nitrogens with one attached hydrogen (secondary N) is 3. The van der Waals surface area contributed by atoms with Crippen molar-refractivity contribution in [3.05, 3.63) is 66.0 Å². The molecule has 2 aliphatic heterocycles. The lowest BCUT2D eigenvalue weighted by Gasteiger charge is -2.29. The lowest BCUT2D eigenvalue weighted by molar-refractivity contribution is -0.109. The Hall–Kier alpha value is -3.91. The smallest absolute Gasteiger partial charge is 0.146 e. The predicted octanol–water partition coefficient (Wildman–Crippen LogP) is 3.97. The number of anilines is 4. The van der Waals surface area contributed by atoms with Crippen molar-refractivity contribution in [1.29, 1.82) is 0 Å². The molecule has 0 saturated carbocycles. The number of pyridine rings is 2. The summed E-state index contributed by atoms with van der Waals surface area (Å²) in [5.41, 5.74) is 5.55. The second-order valence-corrected chi connectivity index (χ2v) is 8.21. The number of fused-ring (bicyclic) bond motifs is 1. The minimum Gasteiger partial charge on any atom is -0.378 e. The molecular weight excluding hydrogens is 428 g/mol. The van der Waals surface area contributed by atoms with Gasteiger partial charge in [-0.3, -0.25) is 0 Å². The lowest BCUT2D eigenvalue weighted by Crippen LogP contribution is -2.36. The van der Waals surface area contributed by atoms with Crippen LogP contribution in [-0.2, 0) is 9.53 Å². The molecule has 1 saturated heterocycles. The van der Waals surface area contributed by atoms with E-state index in [1.807, 2.05) is 49.5 Å². The Morgan fingerprint density at radius 3 is 2.71 bits per heavy atom. The summed E-state index contributed by atoms with van der Waals surface area (Å²) in [6.07, 6.45) is 6.49. The quantitative estimate of drug-likeness (QED) is 0.460. The number of carbonyl (C=O) groups is 1. The fourth-order valence-corrected chi connectivity index (χ4v) is 4.26. The van der Waals surface area contributed by atoms with Crippen molar-refractivity contribution in [2.24, 2.45) is 0 Å². The number of benzene rings is 1. The van der Waals surface area contributed by atoms with Crippen molar-refractivity contribution in [1.82, 2.24) is 15.3 Å². The van der Waals surface area contributed by atoms with Gasteiger partial charge in [0.15, 0.2) is 0 Å². The molecule has 1 fully saturated rings. The van der Waals surface area contributed by atoms with Crippen LogP contribution in [0.5, 0.6) is 0 Å². The number of hydrogen-bond donors (Lipinski definition) is 3. The monoisotopic (exact) mass is 456 g/mol. The summed E-state index contributed by atoms with van der Waals surface area (Å²) in [6.45, 7) is 6.14. The molecule has 1 aromatic carbocycles. The van der Waals surface area contributed by atoms with E-state index in [4.69, 9.17) is 9.72 Å². The van der Waals surface area contributed by atoms with Gasteiger partial charge < -0.3 is 30.4 Å². The average Bonchev–Trinajstić information content (AvgIpc) is 2.90. The molecule has 8 heteroatoms. The van der Waals surface area contributed by atoms with E-state index in [-0.39, 0.29) is 0 Å². The molecule has 34 heavy (non-hydrogen) atoms. The van der Waals surface area contributed by atoms with Crippen LogP contribution in [0.2, 0.25) is 0 Å². The van der Waals surface area contributed by atoms with Gasteiger partial charge in [-0.1, -0.05) is 0 Å². The second kappa shape index (κ2) is 9.93. The molecule has 1 unspecified atom stereocenters. The molecule has 0 bridgehead atoms. The number of aromatic nitrogens is 2. The van der Waals surface area contributed by atoms with E-state index in [1.165, 1.54) is 5.69 Å². The van der Waals surface area contributed by atoms with Crippen LogP contribution in [0.4, 0.5) is 23.0 Å². The van der Waals surface area contributed by atoms with Crippen molar-refractivity contribution < 1.29 is 9.53 Å². The first-order chi connectivity index (χ1) is 16.7. The van der Waals surface area contributed by atoms with Crippen LogP contribution in [0.15, 0.2) is 54.9 Å². The molecule has 0 spiro atoms.